The van der Waals surface area contributed by atoms with Crippen LogP contribution in [0.15, 0.2) is 23.1 Å². The van der Waals surface area contributed by atoms with Gasteiger partial charge in [-0.05, 0) is 37.2 Å². The number of nitrogens with two attached hydrogens (primary N) is 1. The molecule has 2 rings (SSSR count). The molecule has 1 atom stereocenters. The van der Waals surface area contributed by atoms with E-state index in [1.807, 2.05) is 0 Å². The third kappa shape index (κ3) is 2.56. The van der Waals surface area contributed by atoms with Crippen LogP contribution in [-0.4, -0.2) is 34.5 Å². The lowest BCUT2D eigenvalue weighted by atomic mass is 10.1. The average Bonchev–Trinajstić information content (AvgIpc) is 2.88. The van der Waals surface area contributed by atoms with E-state index in [0.717, 1.165) is 11.3 Å². The normalized spacial score (nSPS) is 16.1. The highest BCUT2D eigenvalue weighted by Gasteiger charge is 2.28. The molecule has 0 spiro atoms. The molecule has 0 saturated carbocycles. The summed E-state index contributed by atoms with van der Waals surface area (Å²) in [6.07, 6.45) is 0.658. The molecule has 6 nitrogen and oxygen atoms in total. The van der Waals surface area contributed by atoms with E-state index in [0.29, 0.717) is 19.5 Å². The molecule has 1 aromatic carbocycles. The fourth-order valence-electron chi connectivity index (χ4n) is 2.26. The number of hydrogen-bond donors (Lipinski definition) is 2. The molecule has 1 aliphatic rings. The Bertz CT molecular complexity index is 628. The molecule has 0 radical (unpaired) electrons. The minimum absolute atomic E-state index is 0.0181. The van der Waals surface area contributed by atoms with E-state index < -0.39 is 10.0 Å². The number of rotatable bonds is 4. The summed E-state index contributed by atoms with van der Waals surface area (Å²) in [6.45, 7) is 2.67. The first kappa shape index (κ1) is 15.0. The number of nitrogens with one attached hydrogen (secondary N) is 1. The van der Waals surface area contributed by atoms with Crippen molar-refractivity contribution in [1.82, 2.24) is 4.72 Å². The Kier molecular flexibility index (Phi) is 4.12. The second-order valence-electron chi connectivity index (χ2n) is 4.87. The van der Waals surface area contributed by atoms with Crippen LogP contribution in [0.5, 0.6) is 0 Å². The van der Waals surface area contributed by atoms with Crippen LogP contribution in [0.25, 0.3) is 0 Å². The maximum atomic E-state index is 12.2. The summed E-state index contributed by atoms with van der Waals surface area (Å²) in [5.41, 5.74) is 7.18. The first-order valence-electron chi connectivity index (χ1n) is 6.48. The molecule has 1 unspecified atom stereocenters. The van der Waals surface area contributed by atoms with Crippen LogP contribution in [0.1, 0.15) is 12.5 Å². The van der Waals surface area contributed by atoms with E-state index in [1.165, 1.54) is 13.1 Å². The Morgan fingerprint density at radius 3 is 2.80 bits per heavy atom. The van der Waals surface area contributed by atoms with Crippen molar-refractivity contribution in [1.29, 1.82) is 0 Å². The highest BCUT2D eigenvalue weighted by atomic mass is 32.2. The van der Waals surface area contributed by atoms with Gasteiger partial charge < -0.3 is 10.6 Å². The Morgan fingerprint density at radius 2 is 2.20 bits per heavy atom. The summed E-state index contributed by atoms with van der Waals surface area (Å²) in [7, 11) is -2.08. The molecule has 110 valence electrons. The maximum Gasteiger partial charge on any atom is 0.240 e. The van der Waals surface area contributed by atoms with E-state index in [4.69, 9.17) is 5.73 Å². The van der Waals surface area contributed by atoms with E-state index in [1.54, 1.807) is 24.0 Å². The number of nitrogens with zero attached hydrogens (tertiary/aromatic N) is 1. The van der Waals surface area contributed by atoms with Gasteiger partial charge in [0.25, 0.3) is 0 Å². The van der Waals surface area contributed by atoms with Crippen LogP contribution in [0, 0.1) is 5.92 Å². The largest absolute Gasteiger partial charge is 0.330 e. The SMILES string of the molecule is CNS(=O)(=O)c1ccc2c(c1)CCN2C(=O)C(C)CN. The number of hydrogen-bond acceptors (Lipinski definition) is 4. The molecular formula is C13H19N3O3S. The van der Waals surface area contributed by atoms with Crippen molar-refractivity contribution in [2.75, 3.05) is 25.0 Å². The van der Waals surface area contributed by atoms with Crippen molar-refractivity contribution in [3.63, 3.8) is 0 Å². The van der Waals surface area contributed by atoms with Crippen molar-refractivity contribution in [2.45, 2.75) is 18.2 Å². The first-order chi connectivity index (χ1) is 9.40. The summed E-state index contributed by atoms with van der Waals surface area (Å²) >= 11 is 0. The standard InChI is InChI=1S/C13H19N3O3S/c1-9(8-14)13(17)16-6-5-10-7-11(3-4-12(10)16)20(18,19)15-2/h3-4,7,9,15H,5-6,8,14H2,1-2H3. The van der Waals surface area contributed by atoms with Crippen molar-refractivity contribution in [3.8, 4) is 0 Å². The quantitative estimate of drug-likeness (QED) is 0.823. The van der Waals surface area contributed by atoms with Crippen LogP contribution >= 0.6 is 0 Å². The zero-order valence-electron chi connectivity index (χ0n) is 11.6. The molecule has 7 heteroatoms. The molecule has 0 aliphatic carbocycles. The predicted octanol–water partition coefficient (Wildman–Crippen LogP) is 0.0786. The number of amides is 1. The second-order valence-corrected chi connectivity index (χ2v) is 6.76. The Labute approximate surface area is 119 Å². The van der Waals surface area contributed by atoms with E-state index >= 15 is 0 Å². The van der Waals surface area contributed by atoms with Crippen LogP contribution in [-0.2, 0) is 21.2 Å². The summed E-state index contributed by atoms with van der Waals surface area (Å²) in [5, 5.41) is 0. The Hall–Kier alpha value is -1.44. The molecule has 1 heterocycles. The van der Waals surface area contributed by atoms with Gasteiger partial charge in [0.05, 0.1) is 4.90 Å². The van der Waals surface area contributed by atoms with Gasteiger partial charge in [-0.25, -0.2) is 13.1 Å². The number of benzene rings is 1. The van der Waals surface area contributed by atoms with Gasteiger partial charge >= 0.3 is 0 Å². The monoisotopic (exact) mass is 297 g/mol. The molecule has 1 aliphatic heterocycles. The summed E-state index contributed by atoms with van der Waals surface area (Å²) in [5.74, 6) is -0.253. The van der Waals surface area contributed by atoms with E-state index in [9.17, 15) is 13.2 Å². The zero-order valence-corrected chi connectivity index (χ0v) is 12.4. The number of fused-ring (bicyclic) bond motifs is 1. The van der Waals surface area contributed by atoms with Gasteiger partial charge in [-0.2, -0.15) is 0 Å². The highest BCUT2D eigenvalue weighted by Crippen LogP contribution is 2.31. The van der Waals surface area contributed by atoms with Gasteiger partial charge in [-0.1, -0.05) is 6.92 Å². The maximum absolute atomic E-state index is 12.2. The second kappa shape index (κ2) is 5.51. The molecular weight excluding hydrogens is 278 g/mol. The van der Waals surface area contributed by atoms with Crippen molar-refractivity contribution < 1.29 is 13.2 Å². The molecule has 0 aromatic heterocycles. The molecule has 3 N–H and O–H groups in total. The lowest BCUT2D eigenvalue weighted by Gasteiger charge is -2.20. The highest BCUT2D eigenvalue weighted by molar-refractivity contribution is 7.89. The first-order valence-corrected chi connectivity index (χ1v) is 7.97. The molecule has 1 amide bonds. The van der Waals surface area contributed by atoms with Crippen LogP contribution in [0.4, 0.5) is 5.69 Å². The topological polar surface area (TPSA) is 92.5 Å². The Morgan fingerprint density at radius 1 is 1.50 bits per heavy atom. The van der Waals surface area contributed by atoms with Crippen molar-refractivity contribution in [2.24, 2.45) is 11.7 Å². The van der Waals surface area contributed by atoms with Crippen LogP contribution in [0.2, 0.25) is 0 Å². The minimum atomic E-state index is -3.45. The van der Waals surface area contributed by atoms with Gasteiger partial charge in [-0.3, -0.25) is 4.79 Å². The predicted molar refractivity (Wildman–Crippen MR) is 77.0 cm³/mol. The van der Waals surface area contributed by atoms with E-state index in [-0.39, 0.29) is 16.7 Å². The molecule has 0 fully saturated rings. The number of sulfonamides is 1. The summed E-state index contributed by atoms with van der Waals surface area (Å²) in [6, 6.07) is 4.83. The third-order valence-electron chi connectivity index (χ3n) is 3.57. The van der Waals surface area contributed by atoms with E-state index in [2.05, 4.69) is 4.72 Å². The Balaban J connectivity index is 2.34. The molecule has 0 bridgehead atoms. The van der Waals surface area contributed by atoms with Gasteiger partial charge in [0.15, 0.2) is 0 Å². The van der Waals surface area contributed by atoms with Crippen LogP contribution < -0.4 is 15.4 Å². The molecule has 1 aromatic rings. The smallest absolute Gasteiger partial charge is 0.240 e. The average molecular weight is 297 g/mol. The zero-order chi connectivity index (χ0) is 14.9. The van der Waals surface area contributed by atoms with Gasteiger partial charge in [0, 0.05) is 24.7 Å². The summed E-state index contributed by atoms with van der Waals surface area (Å²) in [4.78, 5) is 14.1. The number of anilines is 1. The number of carbonyl (C=O) groups is 1. The molecule has 0 saturated heterocycles. The van der Waals surface area contributed by atoms with Crippen LogP contribution in [0.3, 0.4) is 0 Å². The lowest BCUT2D eigenvalue weighted by Crippen LogP contribution is -2.36. The van der Waals surface area contributed by atoms with Gasteiger partial charge in [0.1, 0.15) is 0 Å². The molecule has 20 heavy (non-hydrogen) atoms. The number of carbonyl (C=O) groups excluding carboxylic acids is 1. The van der Waals surface area contributed by atoms with Gasteiger partial charge in [-0.15, -0.1) is 0 Å². The summed E-state index contributed by atoms with van der Waals surface area (Å²) < 4.78 is 25.8. The van der Waals surface area contributed by atoms with Crippen molar-refractivity contribution in [3.05, 3.63) is 23.8 Å². The minimum Gasteiger partial charge on any atom is -0.330 e. The van der Waals surface area contributed by atoms with Gasteiger partial charge in [0.2, 0.25) is 15.9 Å². The van der Waals surface area contributed by atoms with Crippen molar-refractivity contribution >= 4 is 21.6 Å². The fraction of sp³-hybridized carbons (Fsp3) is 0.462. The lowest BCUT2D eigenvalue weighted by molar-refractivity contribution is -0.121. The third-order valence-corrected chi connectivity index (χ3v) is 4.98. The fourth-order valence-corrected chi connectivity index (χ4v) is 3.04.